The van der Waals surface area contributed by atoms with E-state index in [0.717, 1.165) is 44.9 Å². The van der Waals surface area contributed by atoms with E-state index in [-0.39, 0.29) is 24.5 Å². The molecule has 0 aromatic heterocycles. The molecule has 0 spiro atoms. The minimum atomic E-state index is -3.06. The van der Waals surface area contributed by atoms with E-state index in [9.17, 15) is 38.1 Å². The standard InChI is InChI=1S/C35H57NO10S/c1-4-6-8-12-15-25-47(43,44)26-16-13-10-9-11-14-17-30(35(42,34(40)41)22-24-45-3)32(37)36-31(33(38)39)27-28-18-20-29(21-19-28)46-23-7-5-2/h14,17-21,30-31,42H,4-13,15-16,22-27H2,1-3H3,(H,36,37)(H,38,39)(H,40,41)/t30-,31+,35+/m1/s1. The van der Waals surface area contributed by atoms with Gasteiger partial charge in [-0.2, -0.15) is 0 Å². The van der Waals surface area contributed by atoms with E-state index in [1.807, 2.05) is 0 Å². The maximum absolute atomic E-state index is 13.4. The molecule has 268 valence electrons. The monoisotopic (exact) mass is 683 g/mol. The predicted octanol–water partition coefficient (Wildman–Crippen LogP) is 5.34. The molecule has 12 heteroatoms. The first-order valence-corrected chi connectivity index (χ1v) is 18.8. The lowest BCUT2D eigenvalue weighted by molar-refractivity contribution is -0.168. The molecule has 0 aliphatic carbocycles. The highest BCUT2D eigenvalue weighted by molar-refractivity contribution is 7.91. The van der Waals surface area contributed by atoms with Gasteiger partial charge in [0.25, 0.3) is 0 Å². The number of carboxylic acid groups (broad SMARTS) is 2. The Balaban J connectivity index is 2.83. The number of amides is 1. The van der Waals surface area contributed by atoms with Crippen molar-refractivity contribution in [3.63, 3.8) is 0 Å². The molecule has 0 unspecified atom stereocenters. The Morgan fingerprint density at radius 1 is 0.872 bits per heavy atom. The number of nitrogens with one attached hydrogen (secondary N) is 1. The highest BCUT2D eigenvalue weighted by atomic mass is 32.2. The second-order valence-electron chi connectivity index (χ2n) is 12.1. The quantitative estimate of drug-likeness (QED) is 0.0666. The number of carbonyl (C=O) groups is 3. The number of carboxylic acids is 2. The van der Waals surface area contributed by atoms with Gasteiger partial charge in [0.2, 0.25) is 5.91 Å². The third kappa shape index (κ3) is 17.1. The summed E-state index contributed by atoms with van der Waals surface area (Å²) in [5.74, 6) is -4.43. The molecular weight excluding hydrogens is 626 g/mol. The summed E-state index contributed by atoms with van der Waals surface area (Å²) < 4.78 is 35.1. The molecule has 0 radical (unpaired) electrons. The summed E-state index contributed by atoms with van der Waals surface area (Å²) in [5, 5.41) is 33.4. The number of ether oxygens (including phenoxy) is 2. The van der Waals surface area contributed by atoms with Gasteiger partial charge in [-0.3, -0.25) is 4.79 Å². The largest absolute Gasteiger partial charge is 0.494 e. The predicted molar refractivity (Wildman–Crippen MR) is 182 cm³/mol. The van der Waals surface area contributed by atoms with Crippen LogP contribution in [0, 0.1) is 5.92 Å². The highest BCUT2D eigenvalue weighted by Gasteiger charge is 2.47. The molecule has 1 aromatic rings. The zero-order valence-electron chi connectivity index (χ0n) is 28.5. The summed E-state index contributed by atoms with van der Waals surface area (Å²) in [7, 11) is -1.72. The van der Waals surface area contributed by atoms with E-state index < -0.39 is 51.7 Å². The van der Waals surface area contributed by atoms with Crippen LogP contribution >= 0.6 is 0 Å². The van der Waals surface area contributed by atoms with Gasteiger partial charge in [0.1, 0.15) is 21.6 Å². The fraction of sp³-hybridized carbons (Fsp3) is 0.686. The molecule has 3 atom stereocenters. The van der Waals surface area contributed by atoms with Crippen LogP contribution < -0.4 is 10.1 Å². The normalized spacial score (nSPS) is 14.4. The van der Waals surface area contributed by atoms with E-state index in [0.29, 0.717) is 50.0 Å². The number of methoxy groups -OCH3 is 1. The molecule has 0 saturated heterocycles. The Kier molecular flexibility index (Phi) is 20.9. The molecule has 0 bridgehead atoms. The first kappa shape index (κ1) is 42.1. The molecule has 0 fully saturated rings. The zero-order valence-corrected chi connectivity index (χ0v) is 29.3. The van der Waals surface area contributed by atoms with Crippen molar-refractivity contribution in [2.45, 2.75) is 115 Å². The lowest BCUT2D eigenvalue weighted by atomic mass is 9.83. The van der Waals surface area contributed by atoms with Crippen LogP contribution in [0.3, 0.4) is 0 Å². The van der Waals surface area contributed by atoms with E-state index in [1.165, 1.54) is 13.2 Å². The van der Waals surface area contributed by atoms with Crippen molar-refractivity contribution in [3.8, 4) is 5.75 Å². The van der Waals surface area contributed by atoms with Crippen LogP contribution in [0.25, 0.3) is 0 Å². The number of unbranched alkanes of at least 4 members (excludes halogenated alkanes) is 9. The van der Waals surface area contributed by atoms with Gasteiger partial charge >= 0.3 is 11.9 Å². The fourth-order valence-corrected chi connectivity index (χ4v) is 6.56. The van der Waals surface area contributed by atoms with Crippen LogP contribution in [0.2, 0.25) is 0 Å². The van der Waals surface area contributed by atoms with Gasteiger partial charge in [-0.15, -0.1) is 0 Å². The number of hydrogen-bond acceptors (Lipinski definition) is 8. The summed E-state index contributed by atoms with van der Waals surface area (Å²) in [6.45, 7) is 4.60. The maximum Gasteiger partial charge on any atom is 0.336 e. The van der Waals surface area contributed by atoms with Crippen molar-refractivity contribution in [2.24, 2.45) is 5.92 Å². The van der Waals surface area contributed by atoms with Crippen molar-refractivity contribution in [2.75, 3.05) is 31.8 Å². The molecule has 1 amide bonds. The highest BCUT2D eigenvalue weighted by Crippen LogP contribution is 2.26. The molecule has 0 aliphatic rings. The number of rotatable bonds is 28. The van der Waals surface area contributed by atoms with Crippen molar-refractivity contribution in [3.05, 3.63) is 42.0 Å². The Morgan fingerprint density at radius 2 is 1.47 bits per heavy atom. The van der Waals surface area contributed by atoms with Crippen molar-refractivity contribution in [1.29, 1.82) is 0 Å². The Morgan fingerprint density at radius 3 is 2.02 bits per heavy atom. The number of sulfone groups is 1. The molecular formula is C35H57NO10S. The zero-order chi connectivity index (χ0) is 35.1. The lowest BCUT2D eigenvalue weighted by Gasteiger charge is -2.30. The molecule has 0 saturated carbocycles. The molecule has 0 heterocycles. The van der Waals surface area contributed by atoms with Crippen LogP contribution in [0.5, 0.6) is 5.75 Å². The van der Waals surface area contributed by atoms with Crippen LogP contribution in [0.1, 0.15) is 103 Å². The summed E-state index contributed by atoms with van der Waals surface area (Å²) >= 11 is 0. The van der Waals surface area contributed by atoms with Crippen LogP contribution in [-0.2, 0) is 35.4 Å². The number of aliphatic hydroxyl groups is 1. The van der Waals surface area contributed by atoms with E-state index in [4.69, 9.17) is 9.47 Å². The summed E-state index contributed by atoms with van der Waals surface area (Å²) in [6, 6.07) is 5.48. The fourth-order valence-electron chi connectivity index (χ4n) is 5.07. The maximum atomic E-state index is 13.4. The molecule has 4 N–H and O–H groups in total. The topological polar surface area (TPSA) is 177 Å². The average molecular weight is 684 g/mol. The summed E-state index contributed by atoms with van der Waals surface area (Å²) in [6.07, 6.45) is 12.4. The first-order chi connectivity index (χ1) is 22.4. The number of carbonyl (C=O) groups excluding carboxylic acids is 1. The average Bonchev–Trinajstić information content (AvgIpc) is 3.03. The van der Waals surface area contributed by atoms with Gasteiger partial charge in [-0.25, -0.2) is 18.0 Å². The third-order valence-electron chi connectivity index (χ3n) is 8.06. The Hall–Kier alpha value is -2.96. The van der Waals surface area contributed by atoms with Gasteiger partial charge < -0.3 is 30.1 Å². The van der Waals surface area contributed by atoms with E-state index in [1.54, 1.807) is 30.3 Å². The summed E-state index contributed by atoms with van der Waals surface area (Å²) in [5.41, 5.74) is -1.91. The molecule has 47 heavy (non-hydrogen) atoms. The molecule has 1 aromatic carbocycles. The van der Waals surface area contributed by atoms with Crippen molar-refractivity contribution < 1.29 is 47.6 Å². The Labute approximate surface area is 281 Å². The molecule has 1 rings (SSSR count). The lowest BCUT2D eigenvalue weighted by Crippen LogP contribution is -2.55. The van der Waals surface area contributed by atoms with Crippen LogP contribution in [0.15, 0.2) is 36.4 Å². The van der Waals surface area contributed by atoms with E-state index in [2.05, 4.69) is 19.2 Å². The van der Waals surface area contributed by atoms with Gasteiger partial charge in [0, 0.05) is 26.6 Å². The Bertz CT molecular complexity index is 1190. The number of allylic oxidation sites excluding steroid dienone is 1. The number of hydrogen-bond donors (Lipinski definition) is 4. The minimum Gasteiger partial charge on any atom is -0.494 e. The third-order valence-corrected chi connectivity index (χ3v) is 9.88. The second-order valence-corrected chi connectivity index (χ2v) is 14.4. The molecule has 11 nitrogen and oxygen atoms in total. The second kappa shape index (κ2) is 23.4. The van der Waals surface area contributed by atoms with Crippen molar-refractivity contribution >= 4 is 27.7 Å². The van der Waals surface area contributed by atoms with E-state index >= 15 is 0 Å². The van der Waals surface area contributed by atoms with Crippen LogP contribution in [0.4, 0.5) is 0 Å². The van der Waals surface area contributed by atoms with Crippen molar-refractivity contribution in [1.82, 2.24) is 5.32 Å². The van der Waals surface area contributed by atoms with Gasteiger partial charge in [0.05, 0.1) is 24.0 Å². The SMILES string of the molecule is CCCCCCCS(=O)(=O)CCCCCCC=C[C@H](C(=O)N[C@@H](Cc1ccc(OCCCC)cc1)C(=O)O)[C@@](O)(CCOC)C(=O)O. The van der Waals surface area contributed by atoms with Gasteiger partial charge in [-0.05, 0) is 49.8 Å². The minimum absolute atomic E-state index is 0.0646. The smallest absolute Gasteiger partial charge is 0.336 e. The summed E-state index contributed by atoms with van der Waals surface area (Å²) in [4.78, 5) is 37.7. The molecule has 0 aliphatic heterocycles. The van der Waals surface area contributed by atoms with Crippen LogP contribution in [-0.4, -0.2) is 85.1 Å². The number of aliphatic carboxylic acids is 2. The van der Waals surface area contributed by atoms with Gasteiger partial charge in [0.15, 0.2) is 5.60 Å². The first-order valence-electron chi connectivity index (χ1n) is 17.0. The van der Waals surface area contributed by atoms with Gasteiger partial charge in [-0.1, -0.05) is 83.1 Å². The number of benzene rings is 1.